The lowest BCUT2D eigenvalue weighted by molar-refractivity contribution is -0.139. The Morgan fingerprint density at radius 2 is 1.77 bits per heavy atom. The summed E-state index contributed by atoms with van der Waals surface area (Å²) in [5.74, 6) is -0.277. The number of benzene rings is 2. The molecule has 0 radical (unpaired) electrons. The second-order valence-electron chi connectivity index (χ2n) is 5.67. The molecule has 1 heterocycles. The number of Topliss-reactive ketones (excluding diaryl/α,β-unsaturated/α-hetero) is 1. The minimum Gasteiger partial charge on any atom is -0.469 e. The summed E-state index contributed by atoms with van der Waals surface area (Å²) in [6.07, 6.45) is 0.170. The first-order valence-corrected chi connectivity index (χ1v) is 8.88. The van der Waals surface area contributed by atoms with Gasteiger partial charge in [0.1, 0.15) is 0 Å². The number of hydrogen-bond donors (Lipinski definition) is 1. The van der Waals surface area contributed by atoms with E-state index in [2.05, 4.69) is 10.3 Å². The Bertz CT molecular complexity index is 918. The molecule has 0 spiro atoms. The van der Waals surface area contributed by atoms with Gasteiger partial charge in [0.2, 0.25) is 0 Å². The number of carbonyl (C=O) groups is 2. The van der Waals surface area contributed by atoms with Crippen LogP contribution in [0.5, 0.6) is 0 Å². The number of hydrogen-bond acceptors (Lipinski definition) is 6. The molecule has 0 bridgehead atoms. The fraction of sp³-hybridized carbons (Fsp3) is 0.150. The maximum absolute atomic E-state index is 11.7. The van der Waals surface area contributed by atoms with Gasteiger partial charge in [-0.15, -0.1) is 11.3 Å². The zero-order chi connectivity index (χ0) is 18.5. The number of nitrogens with one attached hydrogen (secondary N) is 1. The summed E-state index contributed by atoms with van der Waals surface area (Å²) >= 11 is 1.41. The van der Waals surface area contributed by atoms with Crippen LogP contribution < -0.4 is 5.32 Å². The minimum atomic E-state index is -0.303. The van der Waals surface area contributed by atoms with Crippen LogP contribution in [0.25, 0.3) is 11.3 Å². The second-order valence-corrected chi connectivity index (χ2v) is 6.75. The van der Waals surface area contributed by atoms with Crippen LogP contribution in [0, 0.1) is 0 Å². The summed E-state index contributed by atoms with van der Waals surface area (Å²) in [5.41, 5.74) is 3.20. The number of rotatable bonds is 6. The Morgan fingerprint density at radius 3 is 2.38 bits per heavy atom. The third-order valence-electron chi connectivity index (χ3n) is 3.82. The molecule has 3 aromatic rings. The van der Waals surface area contributed by atoms with E-state index in [1.54, 1.807) is 12.1 Å². The van der Waals surface area contributed by atoms with Crippen LogP contribution in [-0.2, 0) is 16.0 Å². The van der Waals surface area contributed by atoms with E-state index in [1.807, 2.05) is 42.5 Å². The molecule has 0 saturated carbocycles. The fourth-order valence-corrected chi connectivity index (χ4v) is 3.45. The molecule has 6 heteroatoms. The Labute approximate surface area is 155 Å². The maximum atomic E-state index is 11.7. The van der Waals surface area contributed by atoms with Gasteiger partial charge in [0, 0.05) is 21.7 Å². The third kappa shape index (κ3) is 4.15. The Balaban J connectivity index is 1.90. The first kappa shape index (κ1) is 17.8. The number of thiazole rings is 1. The van der Waals surface area contributed by atoms with Gasteiger partial charge in [0.05, 0.1) is 19.2 Å². The standard InChI is InChI=1S/C20H18N2O3S/c1-13(23)14-8-10-16(11-9-14)21-20-22-19(15-6-4-3-5-7-15)17(26-20)12-18(24)25-2/h3-11H,12H2,1-2H3,(H,21,22). The summed E-state index contributed by atoms with van der Waals surface area (Å²) in [6, 6.07) is 16.9. The topological polar surface area (TPSA) is 68.3 Å². The summed E-state index contributed by atoms with van der Waals surface area (Å²) in [4.78, 5) is 28.6. The quantitative estimate of drug-likeness (QED) is 0.515. The molecule has 1 N–H and O–H groups in total. The van der Waals surface area contributed by atoms with Crippen LogP contribution in [0.3, 0.4) is 0 Å². The predicted octanol–water partition coefficient (Wildman–Crippen LogP) is 4.47. The van der Waals surface area contributed by atoms with Gasteiger partial charge in [-0.1, -0.05) is 30.3 Å². The number of ketones is 1. The molecular formula is C20H18N2O3S. The Hall–Kier alpha value is -2.99. The van der Waals surface area contributed by atoms with Crippen molar-refractivity contribution in [3.05, 3.63) is 65.0 Å². The van der Waals surface area contributed by atoms with Gasteiger partial charge in [-0.2, -0.15) is 0 Å². The van der Waals surface area contributed by atoms with Gasteiger partial charge in [-0.05, 0) is 31.2 Å². The number of nitrogens with zero attached hydrogens (tertiary/aromatic N) is 1. The highest BCUT2D eigenvalue weighted by Crippen LogP contribution is 2.33. The van der Waals surface area contributed by atoms with Crippen molar-refractivity contribution in [2.75, 3.05) is 12.4 Å². The van der Waals surface area contributed by atoms with Crippen LogP contribution in [0.2, 0.25) is 0 Å². The number of ether oxygens (including phenoxy) is 1. The summed E-state index contributed by atoms with van der Waals surface area (Å²) in [5, 5.41) is 3.91. The molecule has 2 aromatic carbocycles. The van der Waals surface area contributed by atoms with Gasteiger partial charge < -0.3 is 10.1 Å². The lowest BCUT2D eigenvalue weighted by Gasteiger charge is -2.03. The largest absolute Gasteiger partial charge is 0.469 e. The van der Waals surface area contributed by atoms with E-state index in [4.69, 9.17) is 4.74 Å². The lowest BCUT2D eigenvalue weighted by Crippen LogP contribution is -2.03. The molecule has 5 nitrogen and oxygen atoms in total. The van der Waals surface area contributed by atoms with Crippen molar-refractivity contribution in [3.8, 4) is 11.3 Å². The van der Waals surface area contributed by atoms with Crippen LogP contribution in [0.4, 0.5) is 10.8 Å². The van der Waals surface area contributed by atoms with Crippen molar-refractivity contribution < 1.29 is 14.3 Å². The maximum Gasteiger partial charge on any atom is 0.310 e. The summed E-state index contributed by atoms with van der Waals surface area (Å²) in [7, 11) is 1.38. The Morgan fingerprint density at radius 1 is 1.08 bits per heavy atom. The van der Waals surface area contributed by atoms with Crippen molar-refractivity contribution >= 4 is 33.9 Å². The lowest BCUT2D eigenvalue weighted by atomic mass is 10.1. The highest BCUT2D eigenvalue weighted by Gasteiger charge is 2.16. The number of anilines is 2. The molecule has 0 saturated heterocycles. The number of methoxy groups -OCH3 is 1. The van der Waals surface area contributed by atoms with E-state index in [1.165, 1.54) is 25.4 Å². The highest BCUT2D eigenvalue weighted by atomic mass is 32.1. The van der Waals surface area contributed by atoms with Crippen molar-refractivity contribution in [2.24, 2.45) is 0 Å². The van der Waals surface area contributed by atoms with E-state index in [0.29, 0.717) is 10.7 Å². The molecular weight excluding hydrogens is 348 g/mol. The first-order chi connectivity index (χ1) is 12.6. The van der Waals surface area contributed by atoms with Crippen LogP contribution in [-0.4, -0.2) is 23.8 Å². The fourth-order valence-electron chi connectivity index (χ4n) is 2.46. The summed E-state index contributed by atoms with van der Waals surface area (Å²) < 4.78 is 4.80. The zero-order valence-corrected chi connectivity index (χ0v) is 15.3. The Kier molecular flexibility index (Phi) is 5.43. The van der Waals surface area contributed by atoms with E-state index in [-0.39, 0.29) is 18.2 Å². The van der Waals surface area contributed by atoms with Crippen molar-refractivity contribution in [2.45, 2.75) is 13.3 Å². The number of esters is 1. The molecule has 0 aliphatic heterocycles. The van der Waals surface area contributed by atoms with Crippen LogP contribution in [0.15, 0.2) is 54.6 Å². The molecule has 26 heavy (non-hydrogen) atoms. The molecule has 0 aliphatic rings. The van der Waals surface area contributed by atoms with Gasteiger partial charge in [-0.3, -0.25) is 9.59 Å². The average molecular weight is 366 g/mol. The molecule has 0 aliphatic carbocycles. The normalized spacial score (nSPS) is 10.4. The first-order valence-electron chi connectivity index (χ1n) is 8.07. The smallest absolute Gasteiger partial charge is 0.310 e. The second kappa shape index (κ2) is 7.93. The van der Waals surface area contributed by atoms with Crippen LogP contribution >= 0.6 is 11.3 Å². The molecule has 132 valence electrons. The summed E-state index contributed by atoms with van der Waals surface area (Å²) in [6.45, 7) is 1.54. The van der Waals surface area contributed by atoms with E-state index >= 15 is 0 Å². The predicted molar refractivity (Wildman–Crippen MR) is 103 cm³/mol. The van der Waals surface area contributed by atoms with E-state index < -0.39 is 0 Å². The van der Waals surface area contributed by atoms with E-state index in [0.717, 1.165) is 21.8 Å². The van der Waals surface area contributed by atoms with Crippen molar-refractivity contribution in [1.82, 2.24) is 4.98 Å². The van der Waals surface area contributed by atoms with Gasteiger partial charge in [-0.25, -0.2) is 4.98 Å². The molecule has 3 rings (SSSR count). The zero-order valence-electron chi connectivity index (χ0n) is 14.5. The molecule has 0 atom stereocenters. The molecule has 0 unspecified atom stereocenters. The van der Waals surface area contributed by atoms with Gasteiger partial charge in [0.15, 0.2) is 10.9 Å². The van der Waals surface area contributed by atoms with Gasteiger partial charge >= 0.3 is 5.97 Å². The highest BCUT2D eigenvalue weighted by molar-refractivity contribution is 7.16. The van der Waals surface area contributed by atoms with Crippen LogP contribution in [0.1, 0.15) is 22.2 Å². The SMILES string of the molecule is COC(=O)Cc1sc(Nc2ccc(C(C)=O)cc2)nc1-c1ccccc1. The number of aromatic nitrogens is 1. The number of carbonyl (C=O) groups excluding carboxylic acids is 2. The molecule has 1 aromatic heterocycles. The van der Waals surface area contributed by atoms with Crippen molar-refractivity contribution in [1.29, 1.82) is 0 Å². The van der Waals surface area contributed by atoms with E-state index in [9.17, 15) is 9.59 Å². The third-order valence-corrected chi connectivity index (χ3v) is 4.79. The van der Waals surface area contributed by atoms with Crippen molar-refractivity contribution in [3.63, 3.8) is 0 Å². The molecule has 0 amide bonds. The monoisotopic (exact) mass is 366 g/mol. The minimum absolute atomic E-state index is 0.0255. The molecule has 0 fully saturated rings. The van der Waals surface area contributed by atoms with Gasteiger partial charge in [0.25, 0.3) is 0 Å². The average Bonchev–Trinajstić information content (AvgIpc) is 3.05.